The van der Waals surface area contributed by atoms with E-state index in [4.69, 9.17) is 11.6 Å². The number of aliphatic hydroxyl groups is 1. The second-order valence-corrected chi connectivity index (χ2v) is 11.1. The molecule has 15 heteroatoms. The van der Waals surface area contributed by atoms with Crippen molar-refractivity contribution in [3.8, 4) is 6.07 Å². The molecule has 2 aromatic carbocycles. The van der Waals surface area contributed by atoms with E-state index in [9.17, 15) is 45.1 Å². The van der Waals surface area contributed by atoms with Crippen molar-refractivity contribution in [2.24, 2.45) is 0 Å². The molecule has 0 atom stereocenters. The lowest BCUT2D eigenvalue weighted by Gasteiger charge is -2.39. The van der Waals surface area contributed by atoms with Crippen LogP contribution in [0.4, 0.5) is 37.8 Å². The second kappa shape index (κ2) is 10.5. The van der Waals surface area contributed by atoms with Gasteiger partial charge in [0.05, 0.1) is 44.1 Å². The van der Waals surface area contributed by atoms with Crippen LogP contribution in [0.3, 0.4) is 0 Å². The Labute approximate surface area is 229 Å². The summed E-state index contributed by atoms with van der Waals surface area (Å²) in [5.74, 6) is 0.138. The first-order chi connectivity index (χ1) is 18.5. The van der Waals surface area contributed by atoms with Crippen LogP contribution < -0.4 is 9.62 Å². The zero-order valence-corrected chi connectivity index (χ0v) is 21.8. The minimum absolute atomic E-state index is 0.0115. The zero-order valence-electron chi connectivity index (χ0n) is 20.2. The Morgan fingerprint density at radius 3 is 2.30 bits per heavy atom. The van der Waals surface area contributed by atoms with E-state index in [2.05, 4.69) is 9.71 Å². The highest BCUT2D eigenvalue weighted by Crippen LogP contribution is 2.41. The minimum atomic E-state index is -4.75. The number of sulfonamides is 1. The lowest BCUT2D eigenvalue weighted by Crippen LogP contribution is -2.43. The number of pyridine rings is 1. The molecule has 1 aromatic heterocycles. The average Bonchev–Trinajstić information content (AvgIpc) is 2.88. The van der Waals surface area contributed by atoms with Crippen LogP contribution in [0.5, 0.6) is 0 Å². The molecule has 1 aliphatic rings. The smallest absolute Gasteiger partial charge is 0.385 e. The molecule has 1 fully saturated rings. The summed E-state index contributed by atoms with van der Waals surface area (Å²) < 4.78 is 106. The Bertz CT molecular complexity index is 1580. The molecule has 1 aliphatic heterocycles. The van der Waals surface area contributed by atoms with Gasteiger partial charge in [0.15, 0.2) is 0 Å². The van der Waals surface area contributed by atoms with Crippen molar-refractivity contribution < 1.29 is 39.9 Å². The lowest BCUT2D eigenvalue weighted by atomic mass is 9.83. The van der Waals surface area contributed by atoms with Gasteiger partial charge in [-0.2, -0.15) is 31.6 Å². The highest BCUT2D eigenvalue weighted by Gasteiger charge is 2.39. The Morgan fingerprint density at radius 2 is 1.70 bits per heavy atom. The summed E-state index contributed by atoms with van der Waals surface area (Å²) in [5.41, 5.74) is -4.03. The number of anilines is 2. The number of benzene rings is 2. The quantitative estimate of drug-likeness (QED) is 0.350. The highest BCUT2D eigenvalue weighted by molar-refractivity contribution is 7.92. The summed E-state index contributed by atoms with van der Waals surface area (Å²) >= 11 is 5.68. The summed E-state index contributed by atoms with van der Waals surface area (Å²) in [6, 6.07) is 9.36. The van der Waals surface area contributed by atoms with E-state index in [-0.39, 0.29) is 48.6 Å². The maximum atomic E-state index is 13.3. The molecule has 1 saturated heterocycles. The molecule has 0 unspecified atom stereocenters. The Morgan fingerprint density at radius 1 is 1.02 bits per heavy atom. The van der Waals surface area contributed by atoms with Crippen LogP contribution in [0.25, 0.3) is 0 Å². The SMILES string of the molecule is N#Cc1cc(NS(=O)(=O)c2cccc(C(F)(F)F)c2)cnc1N1CCC(O)(c2ccc(Cl)c(C(F)(F)F)c2)CC1. The summed E-state index contributed by atoms with van der Waals surface area (Å²) in [5, 5.41) is 20.2. The van der Waals surface area contributed by atoms with Crippen molar-refractivity contribution in [1.82, 2.24) is 4.98 Å². The van der Waals surface area contributed by atoms with Crippen LogP contribution in [-0.2, 0) is 28.0 Å². The van der Waals surface area contributed by atoms with Gasteiger partial charge in [0.1, 0.15) is 11.9 Å². The molecule has 0 radical (unpaired) electrons. The van der Waals surface area contributed by atoms with Crippen molar-refractivity contribution in [1.29, 1.82) is 5.26 Å². The summed E-state index contributed by atoms with van der Waals surface area (Å²) in [6.07, 6.45) is -8.40. The van der Waals surface area contributed by atoms with Crippen LogP contribution in [0.1, 0.15) is 35.1 Å². The van der Waals surface area contributed by atoms with E-state index in [1.165, 1.54) is 6.07 Å². The number of aromatic nitrogens is 1. The third kappa shape index (κ3) is 6.11. The molecule has 40 heavy (non-hydrogen) atoms. The van der Waals surface area contributed by atoms with Crippen LogP contribution >= 0.6 is 11.6 Å². The monoisotopic (exact) mass is 604 g/mol. The number of nitriles is 1. The van der Waals surface area contributed by atoms with Crippen molar-refractivity contribution in [3.63, 3.8) is 0 Å². The fourth-order valence-corrected chi connectivity index (χ4v) is 5.61. The molecule has 7 nitrogen and oxygen atoms in total. The Kier molecular flexibility index (Phi) is 7.70. The lowest BCUT2D eigenvalue weighted by molar-refractivity contribution is -0.138. The highest BCUT2D eigenvalue weighted by atomic mass is 35.5. The fourth-order valence-electron chi connectivity index (χ4n) is 4.31. The van der Waals surface area contributed by atoms with Crippen molar-refractivity contribution in [2.75, 3.05) is 22.7 Å². The third-order valence-corrected chi connectivity index (χ3v) is 8.12. The molecule has 0 amide bonds. The normalized spacial score (nSPS) is 15.9. The summed E-state index contributed by atoms with van der Waals surface area (Å²) in [7, 11) is -4.46. The molecule has 2 heterocycles. The molecule has 0 spiro atoms. The van der Waals surface area contributed by atoms with Crippen molar-refractivity contribution in [3.05, 3.63) is 82.0 Å². The van der Waals surface area contributed by atoms with Gasteiger partial charge in [-0.05, 0) is 54.8 Å². The van der Waals surface area contributed by atoms with Gasteiger partial charge < -0.3 is 10.0 Å². The van der Waals surface area contributed by atoms with E-state index in [0.29, 0.717) is 6.07 Å². The summed E-state index contributed by atoms with van der Waals surface area (Å²) in [6.45, 7) is 0.189. The van der Waals surface area contributed by atoms with Gasteiger partial charge in [-0.15, -0.1) is 0 Å². The standard InChI is InChI=1S/C25H19ClF6N4O3S/c26-21-5-4-16(12-20(21)25(30,31)32)23(37)6-8-36(9-7-23)22-15(13-33)10-18(14-34-22)35-40(38,39)19-3-1-2-17(11-19)24(27,28)29/h1-5,10-12,14,35,37H,6-9H2. The molecule has 3 aromatic rings. The van der Waals surface area contributed by atoms with Crippen LogP contribution in [0.15, 0.2) is 59.6 Å². The number of nitrogens with one attached hydrogen (secondary N) is 1. The molecule has 212 valence electrons. The van der Waals surface area contributed by atoms with Gasteiger partial charge in [0, 0.05) is 13.1 Å². The number of hydrogen-bond acceptors (Lipinski definition) is 6. The number of nitrogens with zero attached hydrogens (tertiary/aromatic N) is 3. The molecule has 4 rings (SSSR count). The van der Waals surface area contributed by atoms with Gasteiger partial charge in [0.25, 0.3) is 10.0 Å². The van der Waals surface area contributed by atoms with Crippen LogP contribution in [0.2, 0.25) is 5.02 Å². The predicted octanol–water partition coefficient (Wildman–Crippen LogP) is 5.93. The van der Waals surface area contributed by atoms with Gasteiger partial charge in [-0.3, -0.25) is 4.72 Å². The van der Waals surface area contributed by atoms with E-state index in [1.54, 1.807) is 4.90 Å². The predicted molar refractivity (Wildman–Crippen MR) is 133 cm³/mol. The van der Waals surface area contributed by atoms with E-state index in [1.807, 2.05) is 6.07 Å². The molecule has 0 aliphatic carbocycles. The van der Waals surface area contributed by atoms with Gasteiger partial charge in [-0.25, -0.2) is 13.4 Å². The largest absolute Gasteiger partial charge is 0.417 e. The first-order valence-electron chi connectivity index (χ1n) is 11.5. The van der Waals surface area contributed by atoms with Gasteiger partial charge in [0.2, 0.25) is 0 Å². The Balaban J connectivity index is 1.52. The average molecular weight is 605 g/mol. The maximum Gasteiger partial charge on any atom is 0.417 e. The molecule has 2 N–H and O–H groups in total. The van der Waals surface area contributed by atoms with Crippen LogP contribution in [-0.4, -0.2) is 31.6 Å². The Hall–Kier alpha value is -3.54. The molecular formula is C25H19ClF6N4O3S. The minimum Gasteiger partial charge on any atom is -0.385 e. The van der Waals surface area contributed by atoms with Gasteiger partial charge >= 0.3 is 12.4 Å². The van der Waals surface area contributed by atoms with E-state index >= 15 is 0 Å². The third-order valence-electron chi connectivity index (χ3n) is 6.41. The molecule has 0 bridgehead atoms. The molecule has 0 saturated carbocycles. The number of hydrogen-bond donors (Lipinski definition) is 2. The number of alkyl halides is 6. The van der Waals surface area contributed by atoms with E-state index < -0.39 is 49.0 Å². The second-order valence-electron chi connectivity index (χ2n) is 9.05. The van der Waals surface area contributed by atoms with E-state index in [0.717, 1.165) is 42.6 Å². The van der Waals surface area contributed by atoms with Gasteiger partial charge in [-0.1, -0.05) is 23.7 Å². The molecular weight excluding hydrogens is 586 g/mol. The number of halogens is 7. The summed E-state index contributed by atoms with van der Waals surface area (Å²) in [4.78, 5) is 5.10. The topological polar surface area (TPSA) is 106 Å². The first-order valence-corrected chi connectivity index (χ1v) is 13.3. The van der Waals surface area contributed by atoms with Crippen molar-refractivity contribution in [2.45, 2.75) is 35.7 Å². The first kappa shape index (κ1) is 29.4. The zero-order chi connectivity index (χ0) is 29.5. The number of piperidine rings is 1. The maximum absolute atomic E-state index is 13.3. The fraction of sp³-hybridized carbons (Fsp3) is 0.280. The van der Waals surface area contributed by atoms with Crippen molar-refractivity contribution >= 4 is 33.1 Å². The van der Waals surface area contributed by atoms with Crippen LogP contribution in [0, 0.1) is 11.3 Å². The number of rotatable bonds is 5.